The average molecular weight is 634 g/mol. The first kappa shape index (κ1) is 28.6. The highest BCUT2D eigenvalue weighted by Crippen LogP contribution is 2.48. The minimum atomic E-state index is 0.0851. The van der Waals surface area contributed by atoms with Crippen LogP contribution in [0.2, 0.25) is 0 Å². The molecule has 2 heterocycles. The van der Waals surface area contributed by atoms with Gasteiger partial charge in [0.05, 0.1) is 0 Å². The van der Waals surface area contributed by atoms with E-state index in [2.05, 4.69) is 199 Å². The van der Waals surface area contributed by atoms with Gasteiger partial charge in [-0.2, -0.15) is 0 Å². The molecule has 0 atom stereocenters. The van der Waals surface area contributed by atoms with Crippen LogP contribution in [-0.2, 0) is 0 Å². The first-order valence-corrected chi connectivity index (χ1v) is 17.4. The van der Waals surface area contributed by atoms with Crippen molar-refractivity contribution in [2.75, 3.05) is 4.81 Å². The Balaban J connectivity index is 1.13. The summed E-state index contributed by atoms with van der Waals surface area (Å²) in [4.78, 5) is 2.59. The Morgan fingerprint density at radius 2 is 0.620 bits per heavy atom. The molecule has 0 aliphatic carbocycles. The maximum absolute atomic E-state index is 2.59. The second-order valence-electron chi connectivity index (χ2n) is 13.3. The molecular formula is C48H32BN. The zero-order chi connectivity index (χ0) is 33.0. The summed E-state index contributed by atoms with van der Waals surface area (Å²) in [7, 11) is 0. The highest BCUT2D eigenvalue weighted by atomic mass is 15.1. The van der Waals surface area contributed by atoms with Crippen LogP contribution in [0.5, 0.6) is 0 Å². The van der Waals surface area contributed by atoms with Gasteiger partial charge >= 0.3 is 6.85 Å². The number of hydrogen-bond acceptors (Lipinski definition) is 1. The lowest BCUT2D eigenvalue weighted by Gasteiger charge is -2.43. The zero-order valence-corrected chi connectivity index (χ0v) is 27.5. The molecule has 1 nitrogen and oxygen atoms in total. The third-order valence-electron chi connectivity index (χ3n) is 10.5. The van der Waals surface area contributed by atoms with Gasteiger partial charge in [-0.15, -0.1) is 0 Å². The smallest absolute Gasteiger partial charge is 0.329 e. The fraction of sp³-hybridized carbons (Fsp3) is 0. The highest BCUT2D eigenvalue weighted by molar-refractivity contribution is 6.92. The fourth-order valence-electron chi connectivity index (χ4n) is 8.12. The number of benzene rings is 8. The summed E-state index contributed by atoms with van der Waals surface area (Å²) in [6.07, 6.45) is 0. The van der Waals surface area contributed by atoms with Crippen LogP contribution >= 0.6 is 0 Å². The van der Waals surface area contributed by atoms with Crippen LogP contribution in [0.3, 0.4) is 0 Å². The Hall–Kier alpha value is -6.38. The minimum absolute atomic E-state index is 0.0851. The lowest BCUT2D eigenvalue weighted by molar-refractivity contribution is 1.35. The van der Waals surface area contributed by atoms with E-state index in [4.69, 9.17) is 0 Å². The molecule has 0 unspecified atom stereocenters. The molecule has 0 fully saturated rings. The molecule has 50 heavy (non-hydrogen) atoms. The Labute approximate surface area is 293 Å². The Bertz CT molecular complexity index is 2380. The third-order valence-corrected chi connectivity index (χ3v) is 10.5. The molecule has 2 aliphatic rings. The summed E-state index contributed by atoms with van der Waals surface area (Å²) >= 11 is 0. The summed E-state index contributed by atoms with van der Waals surface area (Å²) in [5, 5.41) is 0. The quantitative estimate of drug-likeness (QED) is 0.174. The summed E-state index contributed by atoms with van der Waals surface area (Å²) in [5.41, 5.74) is 20.1. The average Bonchev–Trinajstić information content (AvgIpc) is 3.21. The standard InChI is InChI=1S/C48H32BN/c1-3-13-33(14-4-1)35-17-11-19-37(29-35)39-25-27-47-43(31-39)41-21-7-9-23-45(41)49-46-24-10-8-22-42(46)44-32-40(26-28-48(44)50(47)49)38-20-12-18-36(30-38)34-15-5-2-6-16-34/h1-32H. The number of nitrogens with zero attached hydrogens (tertiary/aromatic N) is 1. The van der Waals surface area contributed by atoms with Gasteiger partial charge in [0.1, 0.15) is 0 Å². The molecule has 0 N–H and O–H groups in total. The van der Waals surface area contributed by atoms with Gasteiger partial charge in [-0.3, -0.25) is 0 Å². The molecular weight excluding hydrogens is 601 g/mol. The molecule has 232 valence electrons. The van der Waals surface area contributed by atoms with E-state index in [1.165, 1.54) is 89.1 Å². The van der Waals surface area contributed by atoms with E-state index in [9.17, 15) is 0 Å². The van der Waals surface area contributed by atoms with E-state index in [0.29, 0.717) is 0 Å². The molecule has 10 rings (SSSR count). The summed E-state index contributed by atoms with van der Waals surface area (Å²) in [5.74, 6) is 0. The van der Waals surface area contributed by atoms with E-state index in [0.717, 1.165) is 0 Å². The van der Waals surface area contributed by atoms with Crippen LogP contribution in [0.1, 0.15) is 0 Å². The second-order valence-corrected chi connectivity index (χ2v) is 13.3. The van der Waals surface area contributed by atoms with Gasteiger partial charge in [-0.05, 0) is 103 Å². The largest absolute Gasteiger partial charge is 0.376 e. The summed E-state index contributed by atoms with van der Waals surface area (Å²) in [6, 6.07) is 71.2. The molecule has 0 spiro atoms. The summed E-state index contributed by atoms with van der Waals surface area (Å²) < 4.78 is 0. The van der Waals surface area contributed by atoms with Crippen molar-refractivity contribution < 1.29 is 0 Å². The first-order valence-electron chi connectivity index (χ1n) is 17.4. The lowest BCUT2D eigenvalue weighted by Crippen LogP contribution is -2.59. The molecule has 0 saturated carbocycles. The van der Waals surface area contributed by atoms with Crippen LogP contribution < -0.4 is 15.7 Å². The van der Waals surface area contributed by atoms with E-state index in [1.54, 1.807) is 0 Å². The molecule has 2 aliphatic heterocycles. The molecule has 8 aromatic carbocycles. The van der Waals surface area contributed by atoms with Gasteiger partial charge in [0.15, 0.2) is 0 Å². The molecule has 0 saturated heterocycles. The number of rotatable bonds is 4. The van der Waals surface area contributed by atoms with Gasteiger partial charge in [0, 0.05) is 22.5 Å². The SMILES string of the molecule is c1ccc(-c2cccc(-c3ccc4c(c3)-c3ccccc3B3c5ccccc5-c5cc(-c6cccc(-c7ccccc7)c6)ccc5N34)c2)cc1. The van der Waals surface area contributed by atoms with Gasteiger partial charge < -0.3 is 4.81 Å². The summed E-state index contributed by atoms with van der Waals surface area (Å²) in [6.45, 7) is 0.0851. The first-order chi connectivity index (χ1) is 24.8. The molecule has 0 radical (unpaired) electrons. The van der Waals surface area contributed by atoms with Crippen molar-refractivity contribution in [1.82, 2.24) is 0 Å². The lowest BCUT2D eigenvalue weighted by atomic mass is 9.43. The number of hydrogen-bond donors (Lipinski definition) is 0. The van der Waals surface area contributed by atoms with Crippen LogP contribution in [0, 0.1) is 0 Å². The van der Waals surface area contributed by atoms with E-state index < -0.39 is 0 Å². The van der Waals surface area contributed by atoms with Crippen molar-refractivity contribution in [2.24, 2.45) is 0 Å². The highest BCUT2D eigenvalue weighted by Gasteiger charge is 2.42. The zero-order valence-electron chi connectivity index (χ0n) is 27.5. The molecule has 0 amide bonds. The van der Waals surface area contributed by atoms with E-state index in [-0.39, 0.29) is 6.85 Å². The van der Waals surface area contributed by atoms with Gasteiger partial charge in [-0.1, -0.05) is 158 Å². The normalized spacial score (nSPS) is 12.3. The number of fused-ring (bicyclic) bond motifs is 11. The van der Waals surface area contributed by atoms with Crippen molar-refractivity contribution in [1.29, 1.82) is 0 Å². The number of anilines is 2. The van der Waals surface area contributed by atoms with Gasteiger partial charge in [-0.25, -0.2) is 0 Å². The molecule has 8 aromatic rings. The van der Waals surface area contributed by atoms with Gasteiger partial charge in [0.25, 0.3) is 0 Å². The van der Waals surface area contributed by atoms with Crippen molar-refractivity contribution in [3.05, 3.63) is 194 Å². The van der Waals surface area contributed by atoms with E-state index >= 15 is 0 Å². The maximum atomic E-state index is 2.59. The van der Waals surface area contributed by atoms with Crippen LogP contribution in [0.4, 0.5) is 11.4 Å². The Kier molecular flexibility index (Phi) is 6.67. The fourth-order valence-corrected chi connectivity index (χ4v) is 8.12. The van der Waals surface area contributed by atoms with Crippen molar-refractivity contribution in [2.45, 2.75) is 0 Å². The van der Waals surface area contributed by atoms with Gasteiger partial charge in [0.2, 0.25) is 0 Å². The van der Waals surface area contributed by atoms with Crippen molar-refractivity contribution in [3.63, 3.8) is 0 Å². The topological polar surface area (TPSA) is 3.24 Å². The minimum Gasteiger partial charge on any atom is -0.376 e. The molecule has 2 heteroatoms. The maximum Gasteiger partial charge on any atom is 0.329 e. The monoisotopic (exact) mass is 633 g/mol. The predicted octanol–water partition coefficient (Wildman–Crippen LogP) is 11.3. The van der Waals surface area contributed by atoms with Crippen molar-refractivity contribution in [3.8, 4) is 66.8 Å². The second kappa shape index (κ2) is 11.6. The van der Waals surface area contributed by atoms with E-state index in [1.807, 2.05) is 0 Å². The van der Waals surface area contributed by atoms with Crippen LogP contribution in [-0.4, -0.2) is 6.85 Å². The van der Waals surface area contributed by atoms with Crippen LogP contribution in [0.25, 0.3) is 66.8 Å². The molecule has 0 aromatic heterocycles. The Morgan fingerprint density at radius 1 is 0.260 bits per heavy atom. The third kappa shape index (κ3) is 4.64. The van der Waals surface area contributed by atoms with Crippen LogP contribution in [0.15, 0.2) is 194 Å². The molecule has 0 bridgehead atoms. The predicted molar refractivity (Wildman–Crippen MR) is 213 cm³/mol. The van der Waals surface area contributed by atoms with Crippen molar-refractivity contribution >= 4 is 29.1 Å². The Morgan fingerprint density at radius 3 is 1.08 bits per heavy atom.